The van der Waals surface area contributed by atoms with Crippen LogP contribution in [-0.2, 0) is 55.8 Å². The number of esters is 1. The van der Waals surface area contributed by atoms with Crippen LogP contribution in [0.1, 0.15) is 50.7 Å². The third-order valence-electron chi connectivity index (χ3n) is 12.6. The molecule has 0 spiro atoms. The second kappa shape index (κ2) is 26.7. The lowest BCUT2D eigenvalue weighted by Gasteiger charge is -2.46. The van der Waals surface area contributed by atoms with Gasteiger partial charge in [0.05, 0.1) is 61.2 Å². The Morgan fingerprint density at radius 1 is 0.667 bits per heavy atom. The maximum atomic E-state index is 14.1. The van der Waals surface area contributed by atoms with E-state index in [4.69, 9.17) is 43.4 Å². The number of hydrogen-bond acceptors (Lipinski definition) is 19. The van der Waals surface area contributed by atoms with Crippen LogP contribution in [0.15, 0.2) is 86.2 Å². The number of ether oxygens (including phenoxy) is 8. The Labute approximate surface area is 409 Å². The minimum absolute atomic E-state index is 0.0192. The summed E-state index contributed by atoms with van der Waals surface area (Å²) in [4.78, 5) is 41.7. The fourth-order valence-electron chi connectivity index (χ4n) is 9.07. The molecular formula is C42H54N16O14. The number of nitrogens with zero attached hydrogens (tertiary/aromatic N) is 16. The first-order valence-electron chi connectivity index (χ1n) is 22.8. The van der Waals surface area contributed by atoms with Crippen LogP contribution in [-0.4, -0.2) is 161 Å². The van der Waals surface area contributed by atoms with Crippen LogP contribution >= 0.6 is 0 Å². The first-order valence-corrected chi connectivity index (χ1v) is 22.8. The van der Waals surface area contributed by atoms with Gasteiger partial charge >= 0.3 is 12.1 Å². The summed E-state index contributed by atoms with van der Waals surface area (Å²) < 4.78 is 48.3. The fourth-order valence-corrected chi connectivity index (χ4v) is 9.07. The van der Waals surface area contributed by atoms with Crippen molar-refractivity contribution in [3.63, 3.8) is 0 Å². The third kappa shape index (κ3) is 13.6. The van der Waals surface area contributed by atoms with Gasteiger partial charge in [-0.15, -0.1) is 0 Å². The summed E-state index contributed by atoms with van der Waals surface area (Å²) in [7, 11) is 0. The molecule has 0 aromatic heterocycles. The van der Waals surface area contributed by atoms with E-state index in [1.807, 2.05) is 67.6 Å². The van der Waals surface area contributed by atoms with Crippen molar-refractivity contribution in [2.45, 2.75) is 163 Å². The first-order chi connectivity index (χ1) is 34.8. The Morgan fingerprint density at radius 3 is 1.92 bits per heavy atom. The van der Waals surface area contributed by atoms with Gasteiger partial charge < -0.3 is 58.3 Å². The molecule has 6 rings (SSSR count). The van der Waals surface area contributed by atoms with Crippen LogP contribution < -0.4 is 0 Å². The standard InChI is InChI=1S/C42H54N16O14/c1-3-27(58(18-22-10-6-4-7-11-22)42(64)66-19-23-12-8-5-9-13-23)28-15-14-24(49-54-44)39(67-28)70-36-26(51-56-46)16-25(50-55-45)32(60)38(36)72-41-35(63)37(30(69-41)20-65-21(2)59)71-40-31(52-57-47)34(62)33(61)29(68-40)17-48-53-43/h4-13,24-41,60-63H,3,14-20H2,1-2H3/t24-,25-,26+,27-,28+,29+,30-,31-,32+,33-,34-,35-,36-,37-,38-,39-,40-,41+/m1/s1. The predicted molar refractivity (Wildman–Crippen MR) is 244 cm³/mol. The maximum Gasteiger partial charge on any atom is 0.410 e. The van der Waals surface area contributed by atoms with Crippen molar-refractivity contribution < 1.29 is 67.9 Å². The zero-order valence-electron chi connectivity index (χ0n) is 38.8. The van der Waals surface area contributed by atoms with Gasteiger partial charge in [-0.3, -0.25) is 9.69 Å². The Bertz CT molecular complexity index is 2370. The Hall–Kier alpha value is -6.67. The number of carbonyl (C=O) groups is 2. The highest BCUT2D eigenvalue weighted by molar-refractivity contribution is 5.68. The molecule has 18 atom stereocenters. The van der Waals surface area contributed by atoms with Gasteiger partial charge in [0.1, 0.15) is 49.8 Å². The minimum Gasteiger partial charge on any atom is -0.463 e. The summed E-state index contributed by atoms with van der Waals surface area (Å²) in [5, 5.41) is 63.7. The number of azide groups is 5. The van der Waals surface area contributed by atoms with Crippen molar-refractivity contribution in [2.75, 3.05) is 13.2 Å². The fraction of sp³-hybridized carbons (Fsp3) is 0.667. The topological polar surface area (TPSA) is 436 Å². The summed E-state index contributed by atoms with van der Waals surface area (Å²) in [5.41, 5.74) is 48.7. The minimum atomic E-state index is -1.93. The monoisotopic (exact) mass is 1010 g/mol. The maximum absolute atomic E-state index is 14.1. The van der Waals surface area contributed by atoms with E-state index in [-0.39, 0.29) is 32.4 Å². The molecule has 0 bridgehead atoms. The number of aliphatic hydroxyl groups excluding tert-OH is 4. The lowest BCUT2D eigenvalue weighted by molar-refractivity contribution is -0.292. The first kappa shape index (κ1) is 54.7. The van der Waals surface area contributed by atoms with E-state index < -0.39 is 135 Å². The van der Waals surface area contributed by atoms with Gasteiger partial charge in [-0.25, -0.2) is 4.79 Å². The van der Waals surface area contributed by atoms with Crippen LogP contribution in [0.2, 0.25) is 0 Å². The molecule has 3 saturated heterocycles. The molecule has 4 aliphatic rings. The van der Waals surface area contributed by atoms with E-state index >= 15 is 0 Å². The van der Waals surface area contributed by atoms with E-state index in [0.29, 0.717) is 6.42 Å². The number of benzene rings is 2. The van der Waals surface area contributed by atoms with E-state index in [0.717, 1.165) is 18.1 Å². The van der Waals surface area contributed by atoms with Crippen LogP contribution in [0, 0.1) is 0 Å². The smallest absolute Gasteiger partial charge is 0.410 e. The van der Waals surface area contributed by atoms with Gasteiger partial charge in [0, 0.05) is 38.0 Å². The molecule has 2 aromatic rings. The molecule has 4 fully saturated rings. The van der Waals surface area contributed by atoms with Crippen molar-refractivity contribution >= 4 is 12.1 Å². The van der Waals surface area contributed by atoms with Crippen LogP contribution in [0.5, 0.6) is 0 Å². The molecule has 0 unspecified atom stereocenters. The van der Waals surface area contributed by atoms with E-state index in [9.17, 15) is 52.1 Å². The quantitative estimate of drug-likeness (QED) is 0.0544. The molecule has 72 heavy (non-hydrogen) atoms. The van der Waals surface area contributed by atoms with E-state index in [1.54, 1.807) is 0 Å². The van der Waals surface area contributed by atoms with E-state index in [1.165, 1.54) is 4.90 Å². The SMILES string of the molecule is CC[C@H]([C@@H]1CC[C@@H](N=[N+]=[N-])[C@@H](O[C@H]2[C@H](O[C@@H]3O[C@H](COC(C)=O)[C@@H](O[C@H]4O[C@@H](CN=[N+]=[N-])[C@@H](O)[C@H](O)[C@H]4N=[N+]=[N-])[C@H]3O)[C@@H](O)[C@H](N=[N+]=[N-])C[C@@H]2N=[N+]=[N-])O1)N(Cc1ccccc1)C(=O)OCc1ccccc1. The average Bonchev–Trinajstić information content (AvgIpc) is 3.67. The largest absolute Gasteiger partial charge is 0.463 e. The summed E-state index contributed by atoms with van der Waals surface area (Å²) in [5.74, 6) is -0.784. The zero-order valence-corrected chi connectivity index (χ0v) is 38.8. The second-order valence-electron chi connectivity index (χ2n) is 17.1. The van der Waals surface area contributed by atoms with Crippen molar-refractivity contribution in [1.29, 1.82) is 0 Å². The second-order valence-corrected chi connectivity index (χ2v) is 17.1. The Kier molecular flexibility index (Phi) is 20.3. The molecule has 3 heterocycles. The molecule has 1 amide bonds. The van der Waals surface area contributed by atoms with Gasteiger partial charge in [0.2, 0.25) is 0 Å². The number of amides is 1. The predicted octanol–water partition coefficient (Wildman–Crippen LogP) is 5.15. The van der Waals surface area contributed by atoms with Gasteiger partial charge in [-0.1, -0.05) is 93.2 Å². The molecule has 386 valence electrons. The highest BCUT2D eigenvalue weighted by Gasteiger charge is 2.55. The van der Waals surface area contributed by atoms with E-state index in [2.05, 4.69) is 50.1 Å². The Morgan fingerprint density at radius 2 is 1.28 bits per heavy atom. The molecule has 0 radical (unpaired) electrons. The molecule has 30 heteroatoms. The molecule has 1 aliphatic carbocycles. The number of aliphatic hydroxyl groups is 4. The van der Waals surface area contributed by atoms with Gasteiger partial charge in [0.15, 0.2) is 18.9 Å². The normalized spacial score (nSPS) is 33.4. The Balaban J connectivity index is 1.31. The summed E-state index contributed by atoms with van der Waals surface area (Å²) in [6, 6.07) is 12.3. The molecule has 1 saturated carbocycles. The van der Waals surface area contributed by atoms with Crippen LogP contribution in [0.4, 0.5) is 4.79 Å². The van der Waals surface area contributed by atoms with Crippen molar-refractivity contribution in [2.24, 2.45) is 25.6 Å². The average molecular weight is 1010 g/mol. The molecule has 4 N–H and O–H groups in total. The number of rotatable bonds is 21. The van der Waals surface area contributed by atoms with Crippen molar-refractivity contribution in [1.82, 2.24) is 4.90 Å². The highest BCUT2D eigenvalue weighted by Crippen LogP contribution is 2.39. The highest BCUT2D eigenvalue weighted by atomic mass is 16.8. The summed E-state index contributed by atoms with van der Waals surface area (Å²) in [6.45, 7) is 1.92. The lowest BCUT2D eigenvalue weighted by atomic mass is 9.84. The van der Waals surface area contributed by atoms with Gasteiger partial charge in [0.25, 0.3) is 0 Å². The lowest BCUT2D eigenvalue weighted by Crippen LogP contribution is -2.61. The summed E-state index contributed by atoms with van der Waals surface area (Å²) in [6.07, 6.45) is -21.2. The molecule has 2 aromatic carbocycles. The van der Waals surface area contributed by atoms with Gasteiger partial charge in [-0.2, -0.15) is 0 Å². The molecule has 3 aliphatic heterocycles. The van der Waals surface area contributed by atoms with Crippen LogP contribution in [0.25, 0.3) is 52.2 Å². The van der Waals surface area contributed by atoms with Crippen molar-refractivity contribution in [3.8, 4) is 0 Å². The zero-order chi connectivity index (χ0) is 51.7. The number of carbonyl (C=O) groups excluding carboxylic acids is 2. The van der Waals surface area contributed by atoms with Crippen molar-refractivity contribution in [3.05, 3.63) is 124 Å². The molecular weight excluding hydrogens is 953 g/mol. The van der Waals surface area contributed by atoms with Crippen LogP contribution in [0.3, 0.4) is 0 Å². The third-order valence-corrected chi connectivity index (χ3v) is 12.6. The van der Waals surface area contributed by atoms with Gasteiger partial charge in [-0.05, 0) is 64.5 Å². The molecule has 30 nitrogen and oxygen atoms in total. The summed E-state index contributed by atoms with van der Waals surface area (Å²) >= 11 is 0. The number of hydrogen-bond donors (Lipinski definition) is 4.